The van der Waals surface area contributed by atoms with Gasteiger partial charge in [0.1, 0.15) is 15.9 Å². The van der Waals surface area contributed by atoms with E-state index in [2.05, 4.69) is 0 Å². The van der Waals surface area contributed by atoms with Gasteiger partial charge in [-0.15, -0.1) is 0 Å². The average molecular weight is 523 g/mol. The molecule has 0 saturated carbocycles. The molecule has 0 N–H and O–H groups in total. The number of hydrogen-bond acceptors (Lipinski definition) is 7. The van der Waals surface area contributed by atoms with Gasteiger partial charge in [0.05, 0.1) is 10.1 Å². The van der Waals surface area contributed by atoms with Crippen molar-refractivity contribution < 1.29 is 89.8 Å². The zero-order valence-electron chi connectivity index (χ0n) is 20.2. The van der Waals surface area contributed by atoms with Gasteiger partial charge in [-0.05, 0) is 31.4 Å². The second kappa shape index (κ2) is 21.0. The number of unbranched alkanes of at least 4 members (excludes halogenated alkanes) is 12. The topological polar surface area (TPSA) is 124 Å². The molecular formula is C22H36Na2O7S2. The predicted octanol–water partition coefficient (Wildman–Crippen LogP) is -1.05. The van der Waals surface area contributed by atoms with Crippen LogP contribution in [0.2, 0.25) is 0 Å². The van der Waals surface area contributed by atoms with Crippen molar-refractivity contribution in [2.24, 2.45) is 0 Å². The fourth-order valence-electron chi connectivity index (χ4n) is 3.45. The van der Waals surface area contributed by atoms with Crippen molar-refractivity contribution in [3.05, 3.63) is 30.3 Å². The molecule has 1 unspecified atom stereocenters. The van der Waals surface area contributed by atoms with Crippen LogP contribution in [0.5, 0.6) is 5.75 Å². The van der Waals surface area contributed by atoms with Crippen LogP contribution >= 0.6 is 0 Å². The molecule has 0 fully saturated rings. The molecule has 1 atom stereocenters. The first-order valence-electron chi connectivity index (χ1n) is 11.3. The van der Waals surface area contributed by atoms with Gasteiger partial charge in [0.15, 0.2) is 5.44 Å². The molecule has 0 amide bonds. The molecule has 33 heavy (non-hydrogen) atoms. The largest absolute Gasteiger partial charge is 1.00 e. The van der Waals surface area contributed by atoms with Crippen molar-refractivity contribution in [2.75, 3.05) is 5.75 Å². The Balaban J connectivity index is 0. The molecule has 180 valence electrons. The maximum absolute atomic E-state index is 11.4. The van der Waals surface area contributed by atoms with Gasteiger partial charge < -0.3 is 13.8 Å². The van der Waals surface area contributed by atoms with Crippen molar-refractivity contribution in [1.82, 2.24) is 0 Å². The van der Waals surface area contributed by atoms with Gasteiger partial charge in [0.2, 0.25) is 0 Å². The molecule has 11 heteroatoms. The van der Waals surface area contributed by atoms with Gasteiger partial charge in [-0.1, -0.05) is 88.8 Å². The zero-order chi connectivity index (χ0) is 23.0. The SMILES string of the molecule is O=S(=O)([O-])CCCCCCCCCCCCCCCC(Oc1ccccc1)S(=O)(=O)[O-].[Na+].[Na+]. The van der Waals surface area contributed by atoms with Crippen LogP contribution in [0.4, 0.5) is 0 Å². The monoisotopic (exact) mass is 522 g/mol. The molecule has 0 heterocycles. The first-order valence-corrected chi connectivity index (χ1v) is 14.3. The zero-order valence-corrected chi connectivity index (χ0v) is 25.9. The Hall–Kier alpha value is 0.840. The van der Waals surface area contributed by atoms with Gasteiger partial charge >= 0.3 is 59.1 Å². The van der Waals surface area contributed by atoms with Crippen molar-refractivity contribution >= 4 is 20.2 Å². The molecule has 0 aromatic heterocycles. The third-order valence-corrected chi connectivity index (χ3v) is 6.93. The van der Waals surface area contributed by atoms with Crippen LogP contribution < -0.4 is 63.9 Å². The third-order valence-electron chi connectivity index (χ3n) is 5.17. The van der Waals surface area contributed by atoms with Gasteiger partial charge in [-0.2, -0.15) is 0 Å². The summed E-state index contributed by atoms with van der Waals surface area (Å²) in [6.07, 6.45) is 12.9. The first-order chi connectivity index (χ1) is 14.7. The fourth-order valence-corrected chi connectivity index (χ4v) is 4.69. The van der Waals surface area contributed by atoms with Crippen molar-refractivity contribution in [3.8, 4) is 5.75 Å². The number of ether oxygens (including phenoxy) is 1. The van der Waals surface area contributed by atoms with E-state index in [1.807, 2.05) is 0 Å². The van der Waals surface area contributed by atoms with Crippen LogP contribution in [0.25, 0.3) is 0 Å². The Morgan fingerprint density at radius 3 is 1.42 bits per heavy atom. The van der Waals surface area contributed by atoms with Crippen LogP contribution in [0, 0.1) is 0 Å². The van der Waals surface area contributed by atoms with E-state index < -0.39 is 25.7 Å². The molecule has 0 aliphatic carbocycles. The van der Waals surface area contributed by atoms with Crippen molar-refractivity contribution in [2.45, 2.75) is 95.3 Å². The molecule has 1 rings (SSSR count). The molecule has 0 saturated heterocycles. The van der Waals surface area contributed by atoms with Gasteiger partial charge in [0.25, 0.3) is 0 Å². The van der Waals surface area contributed by atoms with E-state index in [9.17, 15) is 25.9 Å². The standard InChI is InChI=1S/C22H38O7S2.2Na/c23-30(24,25)20-16-11-9-7-5-3-1-2-4-6-8-10-15-19-22(31(26,27)28)29-21-17-13-12-14-18-21;;/h12-14,17-18,22H,1-11,15-16,19-20H2,(H,23,24,25)(H,26,27,28);;/q;2*+1/p-2. The molecule has 0 aliphatic rings. The first kappa shape index (κ1) is 36.0. The number of rotatable bonds is 19. The molecular weight excluding hydrogens is 486 g/mol. The van der Waals surface area contributed by atoms with Crippen molar-refractivity contribution in [3.63, 3.8) is 0 Å². The summed E-state index contributed by atoms with van der Waals surface area (Å²) in [5.41, 5.74) is -1.33. The summed E-state index contributed by atoms with van der Waals surface area (Å²) in [5, 5.41) is 0. The minimum atomic E-state index is -4.50. The van der Waals surface area contributed by atoms with Gasteiger partial charge in [-0.3, -0.25) is 0 Å². The molecule has 0 spiro atoms. The summed E-state index contributed by atoms with van der Waals surface area (Å²) in [4.78, 5) is 0. The second-order valence-electron chi connectivity index (χ2n) is 8.00. The summed E-state index contributed by atoms with van der Waals surface area (Å²) < 4.78 is 71.1. The molecule has 7 nitrogen and oxygen atoms in total. The molecule has 0 radical (unpaired) electrons. The minimum Gasteiger partial charge on any atom is -0.748 e. The Morgan fingerprint density at radius 1 is 0.636 bits per heavy atom. The maximum atomic E-state index is 11.4. The summed E-state index contributed by atoms with van der Waals surface area (Å²) in [6.45, 7) is 0. The molecule has 1 aromatic carbocycles. The minimum absolute atomic E-state index is 0. The predicted molar refractivity (Wildman–Crippen MR) is 120 cm³/mol. The molecule has 0 bridgehead atoms. The second-order valence-corrected chi connectivity index (χ2v) is 11.0. The quantitative estimate of drug-likeness (QED) is 0.129. The Bertz CT molecular complexity index is 788. The smallest absolute Gasteiger partial charge is 0.748 e. The summed E-state index contributed by atoms with van der Waals surface area (Å²) in [6, 6.07) is 8.54. The fraction of sp³-hybridized carbons (Fsp3) is 0.727. The van der Waals surface area contributed by atoms with Crippen LogP contribution in [0.15, 0.2) is 30.3 Å². The van der Waals surface area contributed by atoms with E-state index in [1.54, 1.807) is 30.3 Å². The van der Waals surface area contributed by atoms with E-state index in [0.717, 1.165) is 51.4 Å². The average Bonchev–Trinajstić information content (AvgIpc) is 2.69. The Kier molecular flexibility index (Phi) is 22.9. The van der Waals surface area contributed by atoms with E-state index in [-0.39, 0.29) is 71.3 Å². The van der Waals surface area contributed by atoms with Gasteiger partial charge in [0, 0.05) is 5.75 Å². The van der Waals surface area contributed by atoms with Crippen LogP contribution in [0.3, 0.4) is 0 Å². The van der Waals surface area contributed by atoms with Crippen LogP contribution in [0.1, 0.15) is 89.9 Å². The third kappa shape index (κ3) is 21.8. The summed E-state index contributed by atoms with van der Waals surface area (Å²) in [5.74, 6) is 0.141. The normalized spacial score (nSPS) is 12.4. The van der Waals surface area contributed by atoms with Crippen LogP contribution in [-0.2, 0) is 20.2 Å². The van der Waals surface area contributed by atoms with E-state index in [0.29, 0.717) is 18.6 Å². The molecule has 1 aromatic rings. The number of benzene rings is 1. The Morgan fingerprint density at radius 2 is 1.03 bits per heavy atom. The maximum Gasteiger partial charge on any atom is 1.00 e. The van der Waals surface area contributed by atoms with E-state index >= 15 is 0 Å². The van der Waals surface area contributed by atoms with Gasteiger partial charge in [-0.25, -0.2) is 16.8 Å². The van der Waals surface area contributed by atoms with E-state index in [1.165, 1.54) is 19.3 Å². The summed E-state index contributed by atoms with van der Waals surface area (Å²) >= 11 is 0. The van der Waals surface area contributed by atoms with Crippen LogP contribution in [-0.4, -0.2) is 37.1 Å². The van der Waals surface area contributed by atoms with Crippen molar-refractivity contribution in [1.29, 1.82) is 0 Å². The number of para-hydroxylation sites is 1. The summed E-state index contributed by atoms with van der Waals surface area (Å²) in [7, 11) is -8.56. The van der Waals surface area contributed by atoms with E-state index in [4.69, 9.17) is 4.74 Å². The Labute approximate surface area is 244 Å². The molecule has 0 aliphatic heterocycles. The number of hydrogen-bond donors (Lipinski definition) is 0.